The van der Waals surface area contributed by atoms with Gasteiger partial charge in [0.25, 0.3) is 0 Å². The Labute approximate surface area is 129 Å². The molecule has 0 heterocycles. The van der Waals surface area contributed by atoms with E-state index in [2.05, 4.69) is 0 Å². The van der Waals surface area contributed by atoms with E-state index in [1.807, 2.05) is 31.2 Å². The molecule has 21 heavy (non-hydrogen) atoms. The van der Waals surface area contributed by atoms with Crippen molar-refractivity contribution in [2.45, 2.75) is 22.8 Å². The first-order valence-electron chi connectivity index (χ1n) is 6.54. The Morgan fingerprint density at radius 3 is 2.14 bits per heavy atom. The third kappa shape index (κ3) is 4.59. The first-order valence-corrected chi connectivity index (χ1v) is 9.41. The number of aliphatic hydroxyl groups excluding tert-OH is 1. The van der Waals surface area contributed by atoms with Gasteiger partial charge in [0.1, 0.15) is 0 Å². The van der Waals surface area contributed by atoms with Gasteiger partial charge in [-0.2, -0.15) is 0 Å². The van der Waals surface area contributed by atoms with E-state index in [0.29, 0.717) is 5.75 Å². The second-order valence-electron chi connectivity index (χ2n) is 4.98. The van der Waals surface area contributed by atoms with Crippen LogP contribution in [-0.4, -0.2) is 25.5 Å². The zero-order valence-corrected chi connectivity index (χ0v) is 13.6. The zero-order valence-electron chi connectivity index (χ0n) is 12.0. The van der Waals surface area contributed by atoms with Crippen molar-refractivity contribution in [3.05, 3.63) is 59.7 Å². The first-order chi connectivity index (χ1) is 9.86. The number of hydrogen-bond acceptors (Lipinski definition) is 4. The van der Waals surface area contributed by atoms with Crippen LogP contribution in [0, 0.1) is 6.92 Å². The lowest BCUT2D eigenvalue weighted by atomic mass is 10.1. The Balaban J connectivity index is 2.00. The molecule has 1 N–H and O–H groups in total. The average molecular weight is 322 g/mol. The highest BCUT2D eigenvalue weighted by Gasteiger charge is 2.11. The summed E-state index contributed by atoms with van der Waals surface area (Å²) in [4.78, 5) is 1.37. The third-order valence-electron chi connectivity index (χ3n) is 3.12. The first kappa shape index (κ1) is 16.1. The van der Waals surface area contributed by atoms with E-state index in [1.165, 1.54) is 24.0 Å². The topological polar surface area (TPSA) is 54.4 Å². The number of thioether (sulfide) groups is 1. The molecule has 0 fully saturated rings. The summed E-state index contributed by atoms with van der Waals surface area (Å²) < 4.78 is 22.8. The van der Waals surface area contributed by atoms with Crippen LogP contribution in [0.3, 0.4) is 0 Å². The van der Waals surface area contributed by atoms with Gasteiger partial charge < -0.3 is 5.11 Å². The quantitative estimate of drug-likeness (QED) is 0.859. The molecule has 0 aliphatic rings. The van der Waals surface area contributed by atoms with Crippen LogP contribution in [0.4, 0.5) is 0 Å². The standard InChI is InChI=1S/C16H18O3S2/c1-12-3-7-14(8-4-12)20-11-16(17)13-5-9-15(10-6-13)21(2,18)19/h3-10,16-17H,11H2,1-2H3. The number of sulfone groups is 1. The van der Waals surface area contributed by atoms with E-state index in [0.717, 1.165) is 10.5 Å². The molecule has 2 aromatic carbocycles. The number of aryl methyl sites for hydroxylation is 1. The lowest BCUT2D eigenvalue weighted by molar-refractivity contribution is 0.204. The molecule has 2 aromatic rings. The predicted molar refractivity (Wildman–Crippen MR) is 86.4 cm³/mol. The highest BCUT2D eigenvalue weighted by Crippen LogP contribution is 2.25. The second kappa shape index (κ2) is 6.64. The van der Waals surface area contributed by atoms with Crippen molar-refractivity contribution >= 4 is 21.6 Å². The van der Waals surface area contributed by atoms with Crippen molar-refractivity contribution in [1.82, 2.24) is 0 Å². The molecule has 0 bridgehead atoms. The van der Waals surface area contributed by atoms with Gasteiger partial charge in [-0.25, -0.2) is 8.42 Å². The molecular formula is C16H18O3S2. The Bertz CT molecular complexity index is 689. The summed E-state index contributed by atoms with van der Waals surface area (Å²) in [5, 5.41) is 10.2. The number of benzene rings is 2. The maximum absolute atomic E-state index is 11.4. The lowest BCUT2D eigenvalue weighted by Crippen LogP contribution is -2.02. The minimum atomic E-state index is -3.19. The number of rotatable bonds is 5. The molecule has 1 atom stereocenters. The maximum atomic E-state index is 11.4. The fourth-order valence-corrected chi connectivity index (χ4v) is 3.34. The molecule has 0 aliphatic carbocycles. The van der Waals surface area contributed by atoms with Crippen LogP contribution >= 0.6 is 11.8 Å². The molecule has 0 saturated carbocycles. The van der Waals surface area contributed by atoms with E-state index in [-0.39, 0.29) is 4.90 Å². The lowest BCUT2D eigenvalue weighted by Gasteiger charge is -2.11. The van der Waals surface area contributed by atoms with Crippen LogP contribution in [0.2, 0.25) is 0 Å². The molecule has 0 spiro atoms. The largest absolute Gasteiger partial charge is 0.388 e. The molecule has 0 aliphatic heterocycles. The van der Waals surface area contributed by atoms with E-state index in [4.69, 9.17) is 0 Å². The van der Waals surface area contributed by atoms with Crippen LogP contribution in [0.15, 0.2) is 58.3 Å². The minimum Gasteiger partial charge on any atom is -0.388 e. The zero-order chi connectivity index (χ0) is 15.5. The number of aliphatic hydroxyl groups is 1. The Morgan fingerprint density at radius 2 is 1.62 bits per heavy atom. The average Bonchev–Trinajstić information content (AvgIpc) is 2.45. The van der Waals surface area contributed by atoms with Crippen LogP contribution in [0.1, 0.15) is 17.2 Å². The molecule has 2 rings (SSSR count). The summed E-state index contributed by atoms with van der Waals surface area (Å²) >= 11 is 1.57. The van der Waals surface area contributed by atoms with Crippen molar-refractivity contribution in [3.63, 3.8) is 0 Å². The summed E-state index contributed by atoms with van der Waals surface area (Å²) in [5.74, 6) is 0.529. The third-order valence-corrected chi connectivity index (χ3v) is 5.34. The van der Waals surface area contributed by atoms with Gasteiger partial charge in [-0.05, 0) is 36.8 Å². The summed E-state index contributed by atoms with van der Waals surface area (Å²) in [6, 6.07) is 14.5. The van der Waals surface area contributed by atoms with Crippen LogP contribution in [0.5, 0.6) is 0 Å². The fraction of sp³-hybridized carbons (Fsp3) is 0.250. The predicted octanol–water partition coefficient (Wildman–Crippen LogP) is 3.22. The van der Waals surface area contributed by atoms with Crippen molar-refractivity contribution in [3.8, 4) is 0 Å². The van der Waals surface area contributed by atoms with Crippen LogP contribution in [-0.2, 0) is 9.84 Å². The summed E-state index contributed by atoms with van der Waals surface area (Å²) in [6.45, 7) is 2.03. The van der Waals surface area contributed by atoms with Crippen molar-refractivity contribution in [1.29, 1.82) is 0 Å². The Morgan fingerprint density at radius 1 is 1.05 bits per heavy atom. The Kier molecular flexibility index (Phi) is 5.08. The normalized spacial score (nSPS) is 13.1. The maximum Gasteiger partial charge on any atom is 0.175 e. The van der Waals surface area contributed by atoms with Gasteiger partial charge in [-0.3, -0.25) is 0 Å². The van der Waals surface area contributed by atoms with Gasteiger partial charge in [0, 0.05) is 16.9 Å². The molecule has 1 unspecified atom stereocenters. The highest BCUT2D eigenvalue weighted by atomic mass is 32.2. The van der Waals surface area contributed by atoms with E-state index < -0.39 is 15.9 Å². The van der Waals surface area contributed by atoms with Gasteiger partial charge in [0.05, 0.1) is 11.0 Å². The Hall–Kier alpha value is -1.30. The molecule has 0 aromatic heterocycles. The second-order valence-corrected chi connectivity index (χ2v) is 8.09. The fourth-order valence-electron chi connectivity index (χ4n) is 1.84. The van der Waals surface area contributed by atoms with Gasteiger partial charge in [-0.1, -0.05) is 29.8 Å². The van der Waals surface area contributed by atoms with Gasteiger partial charge in [0.15, 0.2) is 9.84 Å². The van der Waals surface area contributed by atoms with Crippen molar-refractivity contribution < 1.29 is 13.5 Å². The van der Waals surface area contributed by atoms with Gasteiger partial charge in [-0.15, -0.1) is 11.8 Å². The van der Waals surface area contributed by atoms with Gasteiger partial charge in [0.2, 0.25) is 0 Å². The summed E-state index contributed by atoms with van der Waals surface area (Å²) in [6.07, 6.45) is 0.552. The summed E-state index contributed by atoms with van der Waals surface area (Å²) in [5.41, 5.74) is 1.93. The van der Waals surface area contributed by atoms with Crippen molar-refractivity contribution in [2.24, 2.45) is 0 Å². The molecule has 0 radical (unpaired) electrons. The molecule has 0 saturated heterocycles. The monoisotopic (exact) mass is 322 g/mol. The van der Waals surface area contributed by atoms with Crippen molar-refractivity contribution in [2.75, 3.05) is 12.0 Å². The van der Waals surface area contributed by atoms with Gasteiger partial charge >= 0.3 is 0 Å². The van der Waals surface area contributed by atoms with Crippen LogP contribution in [0.25, 0.3) is 0 Å². The van der Waals surface area contributed by atoms with E-state index >= 15 is 0 Å². The molecule has 0 amide bonds. The summed E-state index contributed by atoms with van der Waals surface area (Å²) in [7, 11) is -3.19. The van der Waals surface area contributed by atoms with Crippen LogP contribution < -0.4 is 0 Å². The molecular weight excluding hydrogens is 304 g/mol. The van der Waals surface area contributed by atoms with E-state index in [9.17, 15) is 13.5 Å². The minimum absolute atomic E-state index is 0.268. The smallest absolute Gasteiger partial charge is 0.175 e. The highest BCUT2D eigenvalue weighted by molar-refractivity contribution is 7.99. The molecule has 112 valence electrons. The molecule has 3 nitrogen and oxygen atoms in total. The SMILES string of the molecule is Cc1ccc(SCC(O)c2ccc(S(C)(=O)=O)cc2)cc1. The number of hydrogen-bond donors (Lipinski definition) is 1. The molecule has 5 heteroatoms. The van der Waals surface area contributed by atoms with E-state index in [1.54, 1.807) is 23.9 Å².